The molecule has 0 bridgehead atoms. The van der Waals surface area contributed by atoms with E-state index in [1.165, 1.54) is 4.90 Å². The minimum absolute atomic E-state index is 0. The number of hydrogen-bond acceptors (Lipinski definition) is 3. The van der Waals surface area contributed by atoms with Crippen molar-refractivity contribution in [2.45, 2.75) is 23.8 Å². The SMILES string of the molecule is CSc1ccc(C(=O)N2CCC[C@@H](N)C2)cc1.Cl. The molecule has 0 radical (unpaired) electrons. The summed E-state index contributed by atoms with van der Waals surface area (Å²) in [5.74, 6) is 0.104. The quantitative estimate of drug-likeness (QED) is 0.849. The molecule has 2 rings (SSSR count). The Morgan fingerprint density at radius 3 is 2.61 bits per heavy atom. The fourth-order valence-corrected chi connectivity index (χ4v) is 2.52. The van der Waals surface area contributed by atoms with Crippen molar-refractivity contribution in [1.82, 2.24) is 4.90 Å². The molecule has 1 aromatic carbocycles. The first-order valence-electron chi connectivity index (χ1n) is 5.89. The number of likely N-dealkylation sites (tertiary alicyclic amines) is 1. The number of nitrogens with zero attached hydrogens (tertiary/aromatic N) is 1. The van der Waals surface area contributed by atoms with Gasteiger partial charge in [0.15, 0.2) is 0 Å². The van der Waals surface area contributed by atoms with E-state index < -0.39 is 0 Å². The molecule has 3 nitrogen and oxygen atoms in total. The van der Waals surface area contributed by atoms with Crippen LogP contribution in [-0.2, 0) is 0 Å². The lowest BCUT2D eigenvalue weighted by atomic mass is 10.1. The van der Waals surface area contributed by atoms with Gasteiger partial charge < -0.3 is 10.6 Å². The summed E-state index contributed by atoms with van der Waals surface area (Å²) in [6, 6.07) is 7.91. The molecule has 1 fully saturated rings. The molecule has 1 aliphatic heterocycles. The average Bonchev–Trinajstić information content (AvgIpc) is 2.38. The Balaban J connectivity index is 0.00000162. The zero-order chi connectivity index (χ0) is 12.3. The van der Waals surface area contributed by atoms with Crippen LogP contribution in [-0.4, -0.2) is 36.2 Å². The number of thioether (sulfide) groups is 1. The first-order chi connectivity index (χ1) is 8.20. The largest absolute Gasteiger partial charge is 0.337 e. The molecule has 1 aromatic rings. The molecule has 1 amide bonds. The van der Waals surface area contributed by atoms with Crippen molar-refractivity contribution >= 4 is 30.1 Å². The number of halogens is 1. The molecule has 1 heterocycles. The smallest absolute Gasteiger partial charge is 0.253 e. The highest BCUT2D eigenvalue weighted by atomic mass is 35.5. The molecule has 0 aromatic heterocycles. The van der Waals surface area contributed by atoms with Crippen molar-refractivity contribution in [2.75, 3.05) is 19.3 Å². The van der Waals surface area contributed by atoms with Crippen LogP contribution < -0.4 is 5.73 Å². The van der Waals surface area contributed by atoms with Crippen molar-refractivity contribution in [3.05, 3.63) is 29.8 Å². The summed E-state index contributed by atoms with van der Waals surface area (Å²) in [7, 11) is 0. The third kappa shape index (κ3) is 3.64. The topological polar surface area (TPSA) is 46.3 Å². The maximum absolute atomic E-state index is 12.2. The Labute approximate surface area is 119 Å². The molecule has 1 atom stereocenters. The van der Waals surface area contributed by atoms with Crippen LogP contribution in [0, 0.1) is 0 Å². The first-order valence-corrected chi connectivity index (χ1v) is 7.12. The lowest BCUT2D eigenvalue weighted by molar-refractivity contribution is 0.0709. The number of carbonyl (C=O) groups excluding carboxylic acids is 1. The predicted molar refractivity (Wildman–Crippen MR) is 78.6 cm³/mol. The van der Waals surface area contributed by atoms with E-state index in [1.807, 2.05) is 35.4 Å². The highest BCUT2D eigenvalue weighted by Crippen LogP contribution is 2.17. The van der Waals surface area contributed by atoms with Gasteiger partial charge in [0.2, 0.25) is 0 Å². The number of carbonyl (C=O) groups is 1. The normalized spacial score (nSPS) is 19.2. The van der Waals surface area contributed by atoms with E-state index in [0.29, 0.717) is 6.54 Å². The Morgan fingerprint density at radius 2 is 2.06 bits per heavy atom. The molecule has 0 aliphatic carbocycles. The maximum Gasteiger partial charge on any atom is 0.253 e. The molecular formula is C13H19ClN2OS. The van der Waals surface area contributed by atoms with Gasteiger partial charge in [0.25, 0.3) is 5.91 Å². The van der Waals surface area contributed by atoms with E-state index in [9.17, 15) is 4.79 Å². The predicted octanol–water partition coefficient (Wildman–Crippen LogP) is 2.39. The fraction of sp³-hybridized carbons (Fsp3) is 0.462. The zero-order valence-corrected chi connectivity index (χ0v) is 12.1. The highest BCUT2D eigenvalue weighted by Gasteiger charge is 2.21. The van der Waals surface area contributed by atoms with Crippen LogP contribution >= 0.6 is 24.2 Å². The number of hydrogen-bond donors (Lipinski definition) is 1. The van der Waals surface area contributed by atoms with Crippen LogP contribution in [0.15, 0.2) is 29.2 Å². The molecule has 0 spiro atoms. The van der Waals surface area contributed by atoms with Crippen LogP contribution in [0.3, 0.4) is 0 Å². The van der Waals surface area contributed by atoms with Crippen LogP contribution in [0.1, 0.15) is 23.2 Å². The summed E-state index contributed by atoms with van der Waals surface area (Å²) >= 11 is 1.68. The summed E-state index contributed by atoms with van der Waals surface area (Å²) in [6.45, 7) is 1.51. The lowest BCUT2D eigenvalue weighted by Gasteiger charge is -2.30. The first kappa shape index (κ1) is 15.3. The molecule has 0 saturated carbocycles. The van der Waals surface area contributed by atoms with Gasteiger partial charge in [0.1, 0.15) is 0 Å². The lowest BCUT2D eigenvalue weighted by Crippen LogP contribution is -2.45. The summed E-state index contributed by atoms with van der Waals surface area (Å²) in [5, 5.41) is 0. The zero-order valence-electron chi connectivity index (χ0n) is 10.5. The molecular weight excluding hydrogens is 268 g/mol. The summed E-state index contributed by atoms with van der Waals surface area (Å²) in [4.78, 5) is 15.2. The monoisotopic (exact) mass is 286 g/mol. The van der Waals surface area contributed by atoms with Crippen molar-refractivity contribution in [3.63, 3.8) is 0 Å². The summed E-state index contributed by atoms with van der Waals surface area (Å²) in [5.41, 5.74) is 6.65. The number of benzene rings is 1. The van der Waals surface area contributed by atoms with Crippen molar-refractivity contribution in [1.29, 1.82) is 0 Å². The van der Waals surface area contributed by atoms with E-state index in [0.717, 1.165) is 24.9 Å². The molecule has 1 aliphatic rings. The Bertz CT molecular complexity index is 396. The number of rotatable bonds is 2. The minimum atomic E-state index is 0. The van der Waals surface area contributed by atoms with Gasteiger partial charge in [-0.25, -0.2) is 0 Å². The van der Waals surface area contributed by atoms with Crippen LogP contribution in [0.2, 0.25) is 0 Å². The van der Waals surface area contributed by atoms with E-state index in [1.54, 1.807) is 11.8 Å². The number of amides is 1. The molecule has 5 heteroatoms. The van der Waals surface area contributed by atoms with Crippen LogP contribution in [0.5, 0.6) is 0 Å². The van der Waals surface area contributed by atoms with Crippen molar-refractivity contribution in [3.8, 4) is 0 Å². The van der Waals surface area contributed by atoms with Gasteiger partial charge in [-0.3, -0.25) is 4.79 Å². The van der Waals surface area contributed by atoms with Gasteiger partial charge in [-0.15, -0.1) is 24.2 Å². The van der Waals surface area contributed by atoms with Crippen molar-refractivity contribution < 1.29 is 4.79 Å². The Hall–Kier alpha value is -0.710. The fourth-order valence-electron chi connectivity index (χ4n) is 2.11. The summed E-state index contributed by atoms with van der Waals surface area (Å²) < 4.78 is 0. The molecule has 0 unspecified atom stereocenters. The Morgan fingerprint density at radius 1 is 1.39 bits per heavy atom. The number of piperidine rings is 1. The van der Waals surface area contributed by atoms with E-state index >= 15 is 0 Å². The average molecular weight is 287 g/mol. The third-order valence-corrected chi connectivity index (χ3v) is 3.83. The van der Waals surface area contributed by atoms with E-state index in [4.69, 9.17) is 5.73 Å². The third-order valence-electron chi connectivity index (χ3n) is 3.08. The van der Waals surface area contributed by atoms with Crippen molar-refractivity contribution in [2.24, 2.45) is 5.73 Å². The second kappa shape index (κ2) is 7.02. The van der Waals surface area contributed by atoms with Gasteiger partial charge in [0, 0.05) is 29.6 Å². The maximum atomic E-state index is 12.2. The standard InChI is InChI=1S/C13H18N2OS.ClH/c1-17-12-6-4-10(5-7-12)13(16)15-8-2-3-11(14)9-15;/h4-7,11H,2-3,8-9,14H2,1H3;1H/t11-;/m1./s1. The molecule has 2 N–H and O–H groups in total. The van der Waals surface area contributed by atoms with Gasteiger partial charge in [-0.1, -0.05) is 0 Å². The minimum Gasteiger partial charge on any atom is -0.337 e. The van der Waals surface area contributed by atoms with E-state index in [2.05, 4.69) is 0 Å². The highest BCUT2D eigenvalue weighted by molar-refractivity contribution is 7.98. The van der Waals surface area contributed by atoms with Gasteiger partial charge in [-0.2, -0.15) is 0 Å². The van der Waals surface area contributed by atoms with E-state index in [-0.39, 0.29) is 24.4 Å². The second-order valence-corrected chi connectivity index (χ2v) is 5.26. The van der Waals surface area contributed by atoms with Gasteiger partial charge >= 0.3 is 0 Å². The number of nitrogens with two attached hydrogens (primary N) is 1. The van der Waals surface area contributed by atoms with Crippen LogP contribution in [0.25, 0.3) is 0 Å². The molecule has 100 valence electrons. The molecule has 1 saturated heterocycles. The summed E-state index contributed by atoms with van der Waals surface area (Å²) in [6.07, 6.45) is 4.06. The second-order valence-electron chi connectivity index (χ2n) is 4.38. The van der Waals surface area contributed by atoms with Gasteiger partial charge in [-0.05, 0) is 43.4 Å². The van der Waals surface area contributed by atoms with Crippen LogP contribution in [0.4, 0.5) is 0 Å². The van der Waals surface area contributed by atoms with Gasteiger partial charge in [0.05, 0.1) is 0 Å². The molecule has 18 heavy (non-hydrogen) atoms. The Kier molecular flexibility index (Phi) is 5.99.